The van der Waals surface area contributed by atoms with Crippen LogP contribution in [0.2, 0.25) is 10.0 Å². The first-order valence-corrected chi connectivity index (χ1v) is 9.36. The Morgan fingerprint density at radius 1 is 0.905 bits per heavy atom. The summed E-state index contributed by atoms with van der Waals surface area (Å²) in [6.07, 6.45) is 0. The number of halogens is 2. The number of hydrogen-bond donors (Lipinski definition) is 0. The van der Waals surface area contributed by atoms with E-state index < -0.39 is 0 Å². The first-order valence-electron chi connectivity index (χ1n) is 6.40. The van der Waals surface area contributed by atoms with Gasteiger partial charge in [0.05, 0.1) is 11.2 Å². The van der Waals surface area contributed by atoms with Crippen molar-refractivity contribution >= 4 is 46.7 Å². The quantitative estimate of drug-likeness (QED) is 0.436. The smallest absolute Gasteiger partial charge is 0.0925 e. The van der Waals surface area contributed by atoms with E-state index in [4.69, 9.17) is 27.9 Å². The van der Waals surface area contributed by atoms with Gasteiger partial charge >= 0.3 is 0 Å². The second-order valence-electron chi connectivity index (χ2n) is 4.38. The molecule has 112 valence electrons. The van der Waals surface area contributed by atoms with Gasteiger partial charge in [0.15, 0.2) is 0 Å². The fraction of sp³-hybridized carbons (Fsp3) is 0.250. The van der Waals surface area contributed by atoms with Crippen molar-refractivity contribution in [2.45, 2.75) is 5.25 Å². The van der Waals surface area contributed by atoms with E-state index in [1.54, 1.807) is 18.9 Å². The molecule has 2 aromatic rings. The first kappa shape index (κ1) is 17.0. The van der Waals surface area contributed by atoms with Crippen LogP contribution in [-0.2, 0) is 4.74 Å². The molecule has 0 spiro atoms. The van der Waals surface area contributed by atoms with E-state index >= 15 is 0 Å². The number of thioether (sulfide) groups is 2. The lowest BCUT2D eigenvalue weighted by Gasteiger charge is -2.18. The molecule has 0 atom stereocenters. The molecular formula is C16H16Cl2OS2. The molecule has 0 aromatic heterocycles. The van der Waals surface area contributed by atoms with E-state index in [9.17, 15) is 0 Å². The molecule has 2 rings (SSSR count). The maximum atomic E-state index is 5.98. The van der Waals surface area contributed by atoms with Gasteiger partial charge in [-0.2, -0.15) is 0 Å². The van der Waals surface area contributed by atoms with Crippen LogP contribution in [0, 0.1) is 0 Å². The minimum absolute atomic E-state index is 0.267. The normalized spacial score (nSPS) is 11.0. The van der Waals surface area contributed by atoms with Crippen molar-refractivity contribution in [3.05, 3.63) is 69.7 Å². The van der Waals surface area contributed by atoms with Crippen LogP contribution in [0.3, 0.4) is 0 Å². The van der Waals surface area contributed by atoms with Crippen LogP contribution in [-0.4, -0.2) is 18.1 Å². The molecule has 0 fully saturated rings. The predicted molar refractivity (Wildman–Crippen MR) is 96.7 cm³/mol. The van der Waals surface area contributed by atoms with E-state index in [-0.39, 0.29) is 5.25 Å². The van der Waals surface area contributed by atoms with Gasteiger partial charge in [-0.1, -0.05) is 47.5 Å². The highest BCUT2D eigenvalue weighted by Gasteiger charge is 2.14. The van der Waals surface area contributed by atoms with Crippen LogP contribution >= 0.6 is 46.7 Å². The molecule has 0 aliphatic rings. The maximum Gasteiger partial charge on any atom is 0.0925 e. The van der Waals surface area contributed by atoms with Gasteiger partial charge < -0.3 is 4.74 Å². The minimum atomic E-state index is 0.267. The van der Waals surface area contributed by atoms with Crippen LogP contribution < -0.4 is 0 Å². The van der Waals surface area contributed by atoms with Crippen LogP contribution in [0.15, 0.2) is 48.5 Å². The molecule has 0 unspecified atom stereocenters. The molecular weight excluding hydrogens is 343 g/mol. The molecule has 0 amide bonds. The van der Waals surface area contributed by atoms with E-state index in [0.717, 1.165) is 15.1 Å². The number of methoxy groups -OCH3 is 1. The van der Waals surface area contributed by atoms with Crippen LogP contribution in [0.25, 0.3) is 0 Å². The zero-order valence-electron chi connectivity index (χ0n) is 11.6. The summed E-state index contributed by atoms with van der Waals surface area (Å²) in [6, 6.07) is 16.0. The summed E-state index contributed by atoms with van der Waals surface area (Å²) in [5.41, 5.74) is 2.48. The summed E-state index contributed by atoms with van der Waals surface area (Å²) in [5, 5.41) is 2.74. The van der Waals surface area contributed by atoms with Crippen molar-refractivity contribution in [1.82, 2.24) is 0 Å². The van der Waals surface area contributed by atoms with Crippen molar-refractivity contribution in [2.24, 2.45) is 0 Å². The molecule has 0 heterocycles. The van der Waals surface area contributed by atoms with E-state index in [1.165, 1.54) is 11.1 Å². The van der Waals surface area contributed by atoms with Gasteiger partial charge in [0.25, 0.3) is 0 Å². The molecule has 0 bridgehead atoms. The summed E-state index contributed by atoms with van der Waals surface area (Å²) in [7, 11) is 1.72. The lowest BCUT2D eigenvalue weighted by atomic mass is 10.0. The molecule has 0 aliphatic carbocycles. The molecule has 1 nitrogen and oxygen atoms in total. The van der Waals surface area contributed by atoms with Gasteiger partial charge in [-0.05, 0) is 35.4 Å². The van der Waals surface area contributed by atoms with Crippen LogP contribution in [0.4, 0.5) is 0 Å². The van der Waals surface area contributed by atoms with Gasteiger partial charge in [-0.25, -0.2) is 0 Å². The van der Waals surface area contributed by atoms with Crippen LogP contribution in [0.1, 0.15) is 16.4 Å². The molecule has 2 aromatic carbocycles. The number of ether oxygens (including phenoxy) is 1. The van der Waals surface area contributed by atoms with Crippen molar-refractivity contribution in [3.8, 4) is 0 Å². The van der Waals surface area contributed by atoms with E-state index in [1.807, 2.05) is 36.0 Å². The highest BCUT2D eigenvalue weighted by Crippen LogP contribution is 2.38. The Morgan fingerprint density at radius 2 is 1.38 bits per heavy atom. The van der Waals surface area contributed by atoms with Crippen LogP contribution in [0.5, 0.6) is 0 Å². The zero-order valence-corrected chi connectivity index (χ0v) is 14.7. The average Bonchev–Trinajstić information content (AvgIpc) is 2.50. The summed E-state index contributed by atoms with van der Waals surface area (Å²) in [6.45, 7) is 0. The zero-order chi connectivity index (χ0) is 15.1. The van der Waals surface area contributed by atoms with Gasteiger partial charge in [0.2, 0.25) is 0 Å². The Morgan fingerprint density at radius 3 is 1.81 bits per heavy atom. The standard InChI is InChI=1S/C16H16Cl2OS2/c1-19-10-20-11-21-16(12-2-6-14(17)7-3-12)13-4-8-15(18)9-5-13/h2-9,16H,10-11H2,1H3. The Balaban J connectivity index is 2.17. The van der Waals surface area contributed by atoms with Crippen molar-refractivity contribution in [3.63, 3.8) is 0 Å². The fourth-order valence-electron chi connectivity index (χ4n) is 1.89. The number of benzene rings is 2. The predicted octanol–water partition coefficient (Wildman–Crippen LogP) is 6.11. The highest BCUT2D eigenvalue weighted by atomic mass is 35.5. The van der Waals surface area contributed by atoms with Crippen molar-refractivity contribution < 1.29 is 4.74 Å². The van der Waals surface area contributed by atoms with Gasteiger partial charge in [0, 0.05) is 22.2 Å². The summed E-state index contributed by atoms with van der Waals surface area (Å²) >= 11 is 15.6. The molecule has 0 saturated heterocycles. The van der Waals surface area contributed by atoms with Gasteiger partial charge in [-0.15, -0.1) is 23.5 Å². The monoisotopic (exact) mass is 358 g/mol. The van der Waals surface area contributed by atoms with Crippen molar-refractivity contribution in [2.75, 3.05) is 18.1 Å². The average molecular weight is 359 g/mol. The third-order valence-corrected chi connectivity index (χ3v) is 5.86. The largest absolute Gasteiger partial charge is 0.374 e. The molecule has 0 N–H and O–H groups in total. The highest BCUT2D eigenvalue weighted by molar-refractivity contribution is 8.16. The topological polar surface area (TPSA) is 9.23 Å². The Labute approximate surface area is 144 Å². The lowest BCUT2D eigenvalue weighted by Crippen LogP contribution is -1.97. The number of rotatable bonds is 7. The van der Waals surface area contributed by atoms with Crippen molar-refractivity contribution in [1.29, 1.82) is 0 Å². The van der Waals surface area contributed by atoms with Gasteiger partial charge in [-0.3, -0.25) is 0 Å². The SMILES string of the molecule is COCSCSC(c1ccc(Cl)cc1)c1ccc(Cl)cc1. The molecule has 5 heteroatoms. The molecule has 0 radical (unpaired) electrons. The maximum absolute atomic E-state index is 5.98. The Bertz CT molecular complexity index is 498. The second kappa shape index (κ2) is 8.96. The third-order valence-electron chi connectivity index (χ3n) is 2.86. The summed E-state index contributed by atoms with van der Waals surface area (Å²) in [4.78, 5) is 0. The molecule has 21 heavy (non-hydrogen) atoms. The summed E-state index contributed by atoms with van der Waals surface area (Å²) in [5.74, 6) is 0.709. The minimum Gasteiger partial charge on any atom is -0.374 e. The molecule has 0 aliphatic heterocycles. The number of hydrogen-bond acceptors (Lipinski definition) is 3. The van der Waals surface area contributed by atoms with Gasteiger partial charge in [0.1, 0.15) is 0 Å². The molecule has 0 saturated carbocycles. The fourth-order valence-corrected chi connectivity index (χ4v) is 4.21. The Hall–Kier alpha value is -0.320. The van der Waals surface area contributed by atoms with E-state index in [2.05, 4.69) is 24.3 Å². The first-order chi connectivity index (χ1) is 10.2. The summed E-state index contributed by atoms with van der Waals surface area (Å²) < 4.78 is 5.08. The van der Waals surface area contributed by atoms with E-state index in [0.29, 0.717) is 5.94 Å². The second-order valence-corrected chi connectivity index (χ2v) is 7.64. The lowest BCUT2D eigenvalue weighted by molar-refractivity contribution is 0.259. The third kappa shape index (κ3) is 5.42. The Kier molecular flexibility index (Phi) is 7.27.